The summed E-state index contributed by atoms with van der Waals surface area (Å²) >= 11 is 0. The van der Waals surface area contributed by atoms with Crippen molar-refractivity contribution >= 4 is 10.0 Å². The van der Waals surface area contributed by atoms with Crippen LogP contribution in [-0.4, -0.2) is 36.4 Å². The molecule has 0 saturated carbocycles. The van der Waals surface area contributed by atoms with Crippen LogP contribution in [0, 0.1) is 5.92 Å². The Morgan fingerprint density at radius 2 is 2.06 bits per heavy atom. The molecule has 0 aliphatic heterocycles. The predicted octanol–water partition coefficient (Wildman–Crippen LogP) is 0.161. The lowest BCUT2D eigenvalue weighted by atomic mass is 10.2. The minimum absolute atomic E-state index is 0.178. The summed E-state index contributed by atoms with van der Waals surface area (Å²) in [4.78, 5) is 0. The van der Waals surface area contributed by atoms with Crippen LogP contribution >= 0.6 is 0 Å². The highest BCUT2D eigenvalue weighted by Crippen LogP contribution is 2.11. The highest BCUT2D eigenvalue weighted by Gasteiger charge is 2.21. The van der Waals surface area contributed by atoms with E-state index in [1.165, 1.54) is 0 Å². The third kappa shape index (κ3) is 4.04. The van der Waals surface area contributed by atoms with E-state index in [0.29, 0.717) is 32.0 Å². The predicted molar refractivity (Wildman–Crippen MR) is 66.4 cm³/mol. The molecule has 0 amide bonds. The zero-order valence-corrected chi connectivity index (χ0v) is 11.8. The zero-order valence-electron chi connectivity index (χ0n) is 11.0. The van der Waals surface area contributed by atoms with Crippen molar-refractivity contribution in [3.05, 3.63) is 5.82 Å². The summed E-state index contributed by atoms with van der Waals surface area (Å²) in [6.07, 6.45) is 0.517. The van der Waals surface area contributed by atoms with Gasteiger partial charge in [-0.15, -0.1) is 10.2 Å². The molecule has 0 atom stereocenters. The smallest absolute Gasteiger partial charge is 0.273 e. The van der Waals surface area contributed by atoms with Crippen LogP contribution in [-0.2, 0) is 27.7 Å². The van der Waals surface area contributed by atoms with Crippen molar-refractivity contribution in [1.82, 2.24) is 14.8 Å². The SMILES string of the molecule is CCOCCc1nnc(S(N)(=O)=O)n1CC(C)C. The van der Waals surface area contributed by atoms with Crippen LogP contribution in [0.4, 0.5) is 0 Å². The van der Waals surface area contributed by atoms with Crippen LogP contribution < -0.4 is 5.14 Å². The summed E-state index contributed by atoms with van der Waals surface area (Å²) in [6.45, 7) is 7.48. The molecular weight excluding hydrogens is 256 g/mol. The Morgan fingerprint density at radius 3 is 2.56 bits per heavy atom. The van der Waals surface area contributed by atoms with Crippen molar-refractivity contribution in [3.63, 3.8) is 0 Å². The summed E-state index contributed by atoms with van der Waals surface area (Å²) in [5.74, 6) is 0.855. The monoisotopic (exact) mass is 276 g/mol. The second-order valence-electron chi connectivity index (χ2n) is 4.40. The molecule has 0 spiro atoms. The summed E-state index contributed by atoms with van der Waals surface area (Å²) in [5.41, 5.74) is 0. The number of hydrogen-bond acceptors (Lipinski definition) is 5. The van der Waals surface area contributed by atoms with Crippen molar-refractivity contribution in [3.8, 4) is 0 Å². The molecule has 0 fully saturated rings. The molecule has 18 heavy (non-hydrogen) atoms. The van der Waals surface area contributed by atoms with Crippen molar-refractivity contribution in [1.29, 1.82) is 0 Å². The lowest BCUT2D eigenvalue weighted by Gasteiger charge is -2.11. The highest BCUT2D eigenvalue weighted by atomic mass is 32.2. The molecule has 2 N–H and O–H groups in total. The van der Waals surface area contributed by atoms with Gasteiger partial charge in [-0.25, -0.2) is 13.6 Å². The van der Waals surface area contributed by atoms with Gasteiger partial charge in [-0.3, -0.25) is 0 Å². The Kier molecular flexibility index (Phi) is 5.24. The van der Waals surface area contributed by atoms with Crippen molar-refractivity contribution in [2.75, 3.05) is 13.2 Å². The van der Waals surface area contributed by atoms with E-state index in [9.17, 15) is 8.42 Å². The van der Waals surface area contributed by atoms with Crippen molar-refractivity contribution in [2.45, 2.75) is 38.9 Å². The van der Waals surface area contributed by atoms with E-state index in [1.54, 1.807) is 4.57 Å². The lowest BCUT2D eigenvalue weighted by Crippen LogP contribution is -2.21. The Labute approximate surface area is 107 Å². The van der Waals surface area contributed by atoms with Crippen LogP contribution in [0.5, 0.6) is 0 Å². The van der Waals surface area contributed by atoms with Crippen LogP contribution in [0.2, 0.25) is 0 Å². The maximum Gasteiger partial charge on any atom is 0.273 e. The van der Waals surface area contributed by atoms with Gasteiger partial charge in [0, 0.05) is 19.6 Å². The minimum Gasteiger partial charge on any atom is -0.381 e. The number of nitrogens with zero attached hydrogens (tertiary/aromatic N) is 3. The molecule has 8 heteroatoms. The van der Waals surface area contributed by atoms with Gasteiger partial charge in [-0.1, -0.05) is 13.8 Å². The molecular formula is C10H20N4O3S. The van der Waals surface area contributed by atoms with Crippen LogP contribution in [0.25, 0.3) is 0 Å². The Bertz CT molecular complexity index is 481. The number of nitrogens with two attached hydrogens (primary N) is 1. The first kappa shape index (κ1) is 15.1. The molecule has 0 aliphatic rings. The molecule has 7 nitrogen and oxygen atoms in total. The zero-order chi connectivity index (χ0) is 13.8. The highest BCUT2D eigenvalue weighted by molar-refractivity contribution is 7.89. The van der Waals surface area contributed by atoms with Crippen molar-refractivity contribution < 1.29 is 13.2 Å². The summed E-state index contributed by atoms with van der Waals surface area (Å²) in [7, 11) is -3.84. The molecule has 0 bridgehead atoms. The van der Waals surface area contributed by atoms with E-state index in [2.05, 4.69) is 10.2 Å². The number of primary sulfonamides is 1. The van der Waals surface area contributed by atoms with E-state index in [1.807, 2.05) is 20.8 Å². The molecule has 0 aliphatic carbocycles. The van der Waals surface area contributed by atoms with Gasteiger partial charge in [0.15, 0.2) is 0 Å². The van der Waals surface area contributed by atoms with Crippen LogP contribution in [0.3, 0.4) is 0 Å². The average molecular weight is 276 g/mol. The van der Waals surface area contributed by atoms with E-state index in [-0.39, 0.29) is 11.1 Å². The van der Waals surface area contributed by atoms with E-state index in [4.69, 9.17) is 9.88 Å². The number of ether oxygens (including phenoxy) is 1. The molecule has 0 unspecified atom stereocenters. The number of hydrogen-bond donors (Lipinski definition) is 1. The first-order valence-electron chi connectivity index (χ1n) is 5.88. The van der Waals surface area contributed by atoms with Gasteiger partial charge in [0.05, 0.1) is 6.61 Å². The molecule has 1 rings (SSSR count). The fourth-order valence-corrected chi connectivity index (χ4v) is 2.21. The number of rotatable bonds is 7. The largest absolute Gasteiger partial charge is 0.381 e. The third-order valence-corrected chi connectivity index (χ3v) is 3.08. The van der Waals surface area contributed by atoms with Crippen LogP contribution in [0.1, 0.15) is 26.6 Å². The van der Waals surface area contributed by atoms with Gasteiger partial charge >= 0.3 is 0 Å². The normalized spacial score (nSPS) is 12.3. The van der Waals surface area contributed by atoms with Gasteiger partial charge in [0.1, 0.15) is 5.82 Å². The Balaban J connectivity index is 3.00. The topological polar surface area (TPSA) is 100 Å². The Hall–Kier alpha value is -0.990. The second kappa shape index (κ2) is 6.26. The molecule has 104 valence electrons. The van der Waals surface area contributed by atoms with Gasteiger partial charge in [0.25, 0.3) is 15.2 Å². The van der Waals surface area contributed by atoms with E-state index in [0.717, 1.165) is 0 Å². The lowest BCUT2D eigenvalue weighted by molar-refractivity contribution is 0.148. The molecule has 1 aromatic rings. The second-order valence-corrected chi connectivity index (χ2v) is 5.85. The van der Waals surface area contributed by atoms with Crippen LogP contribution in [0.15, 0.2) is 5.16 Å². The number of aromatic nitrogens is 3. The average Bonchev–Trinajstić information content (AvgIpc) is 2.60. The van der Waals surface area contributed by atoms with Gasteiger partial charge in [0.2, 0.25) is 0 Å². The maximum absolute atomic E-state index is 11.4. The van der Waals surface area contributed by atoms with Gasteiger partial charge in [-0.05, 0) is 12.8 Å². The molecule has 0 radical (unpaired) electrons. The van der Waals surface area contributed by atoms with Gasteiger partial charge in [-0.2, -0.15) is 0 Å². The first-order chi connectivity index (χ1) is 8.36. The number of sulfonamides is 1. The maximum atomic E-state index is 11.4. The standard InChI is InChI=1S/C10H20N4O3S/c1-4-17-6-5-9-12-13-10(18(11,15)16)14(9)7-8(2)3/h8H,4-7H2,1-3H3,(H2,11,15,16). The molecule has 0 saturated heterocycles. The Morgan fingerprint density at radius 1 is 1.39 bits per heavy atom. The quantitative estimate of drug-likeness (QED) is 0.715. The minimum atomic E-state index is -3.84. The summed E-state index contributed by atoms with van der Waals surface area (Å²) in [6, 6.07) is 0. The van der Waals surface area contributed by atoms with E-state index >= 15 is 0 Å². The summed E-state index contributed by atoms with van der Waals surface area (Å²) < 4.78 is 29.6. The molecule has 0 aromatic carbocycles. The first-order valence-corrected chi connectivity index (χ1v) is 7.43. The fourth-order valence-electron chi connectivity index (χ4n) is 1.57. The van der Waals surface area contributed by atoms with E-state index < -0.39 is 10.0 Å². The fraction of sp³-hybridized carbons (Fsp3) is 0.800. The van der Waals surface area contributed by atoms with Crippen molar-refractivity contribution in [2.24, 2.45) is 11.1 Å². The summed E-state index contributed by atoms with van der Waals surface area (Å²) in [5, 5.41) is 12.5. The molecule has 1 heterocycles. The molecule has 1 aromatic heterocycles. The van der Waals surface area contributed by atoms with Gasteiger partial charge < -0.3 is 9.30 Å². The third-order valence-electron chi connectivity index (χ3n) is 2.27.